The summed E-state index contributed by atoms with van der Waals surface area (Å²) in [6.45, 7) is 0. The van der Waals surface area contributed by atoms with E-state index in [0.717, 1.165) is 5.69 Å². The Hall–Kier alpha value is -2.80. The van der Waals surface area contributed by atoms with Crippen LogP contribution >= 0.6 is 11.8 Å². The Morgan fingerprint density at radius 2 is 2.04 bits per heavy atom. The van der Waals surface area contributed by atoms with Gasteiger partial charge in [0.05, 0.1) is 16.2 Å². The maximum atomic E-state index is 12.1. The lowest BCUT2D eigenvalue weighted by atomic mass is 10.1. The van der Waals surface area contributed by atoms with Gasteiger partial charge in [-0.15, -0.1) is 0 Å². The SMILES string of the molecule is CN(C1=NC(=O)C(=Cc2cccn2C)S1)c1ccccc1C(=O)O. The molecule has 0 spiro atoms. The number of para-hydroxylation sites is 1. The molecule has 0 fully saturated rings. The third-order valence-electron chi connectivity index (χ3n) is 3.65. The van der Waals surface area contributed by atoms with Gasteiger partial charge in [0.1, 0.15) is 0 Å². The van der Waals surface area contributed by atoms with Crippen molar-refractivity contribution in [2.24, 2.45) is 12.0 Å². The van der Waals surface area contributed by atoms with Crippen LogP contribution in [0, 0.1) is 0 Å². The number of carboxylic acids is 1. The molecule has 122 valence electrons. The van der Waals surface area contributed by atoms with E-state index >= 15 is 0 Å². The first-order chi connectivity index (χ1) is 11.5. The Balaban J connectivity index is 1.88. The Morgan fingerprint density at radius 1 is 1.29 bits per heavy atom. The number of nitrogens with zero attached hydrogens (tertiary/aromatic N) is 3. The normalized spacial score (nSPS) is 15.7. The number of anilines is 1. The van der Waals surface area contributed by atoms with Crippen LogP contribution in [-0.2, 0) is 11.8 Å². The zero-order valence-electron chi connectivity index (χ0n) is 13.1. The average Bonchev–Trinajstić information content (AvgIpc) is 3.13. The van der Waals surface area contributed by atoms with Gasteiger partial charge in [0, 0.05) is 26.0 Å². The number of rotatable bonds is 3. The minimum atomic E-state index is -1.02. The number of aryl methyl sites for hydroxylation is 1. The van der Waals surface area contributed by atoms with Gasteiger partial charge in [-0.2, -0.15) is 4.99 Å². The molecule has 3 rings (SSSR count). The zero-order valence-corrected chi connectivity index (χ0v) is 13.9. The van der Waals surface area contributed by atoms with E-state index in [1.807, 2.05) is 29.9 Å². The van der Waals surface area contributed by atoms with E-state index in [0.29, 0.717) is 15.8 Å². The van der Waals surface area contributed by atoms with Crippen LogP contribution in [0.4, 0.5) is 5.69 Å². The van der Waals surface area contributed by atoms with Crippen molar-refractivity contribution in [3.8, 4) is 0 Å². The van der Waals surface area contributed by atoms with Crippen LogP contribution in [-0.4, -0.2) is 33.8 Å². The Labute approximate surface area is 143 Å². The molecule has 0 saturated heterocycles. The number of aromatic carboxylic acids is 1. The summed E-state index contributed by atoms with van der Waals surface area (Å²) in [5, 5.41) is 9.76. The largest absolute Gasteiger partial charge is 0.478 e. The van der Waals surface area contributed by atoms with Crippen molar-refractivity contribution in [2.45, 2.75) is 0 Å². The molecule has 0 aliphatic carbocycles. The van der Waals surface area contributed by atoms with Crippen LogP contribution in [0.2, 0.25) is 0 Å². The van der Waals surface area contributed by atoms with E-state index in [4.69, 9.17) is 0 Å². The van der Waals surface area contributed by atoms with Gasteiger partial charge < -0.3 is 14.6 Å². The van der Waals surface area contributed by atoms with E-state index in [1.165, 1.54) is 17.8 Å². The molecule has 0 saturated carbocycles. The highest BCUT2D eigenvalue weighted by Crippen LogP contribution is 2.32. The summed E-state index contributed by atoms with van der Waals surface area (Å²) >= 11 is 1.23. The second-order valence-corrected chi connectivity index (χ2v) is 6.24. The molecular formula is C17H15N3O3S. The first-order valence-corrected chi connectivity index (χ1v) is 7.99. The van der Waals surface area contributed by atoms with Crippen molar-refractivity contribution in [2.75, 3.05) is 11.9 Å². The van der Waals surface area contributed by atoms with Gasteiger partial charge in [0.15, 0.2) is 5.17 Å². The summed E-state index contributed by atoms with van der Waals surface area (Å²) in [6.07, 6.45) is 3.67. The summed E-state index contributed by atoms with van der Waals surface area (Å²) in [4.78, 5) is 29.7. The monoisotopic (exact) mass is 341 g/mol. The second-order valence-electron chi connectivity index (χ2n) is 5.24. The number of amides is 1. The first kappa shape index (κ1) is 16.1. The van der Waals surface area contributed by atoms with Crippen LogP contribution < -0.4 is 4.90 Å². The van der Waals surface area contributed by atoms with Crippen molar-refractivity contribution in [1.82, 2.24) is 4.57 Å². The number of hydrogen-bond acceptors (Lipinski definition) is 4. The molecule has 1 aliphatic heterocycles. The summed E-state index contributed by atoms with van der Waals surface area (Å²) in [5.41, 5.74) is 1.55. The summed E-state index contributed by atoms with van der Waals surface area (Å²) in [5.74, 6) is -1.34. The number of aromatic nitrogens is 1. The zero-order chi connectivity index (χ0) is 17.3. The predicted octanol–water partition coefficient (Wildman–Crippen LogP) is 2.83. The smallest absolute Gasteiger partial charge is 0.337 e. The molecule has 1 aromatic carbocycles. The fraction of sp³-hybridized carbons (Fsp3) is 0.118. The van der Waals surface area contributed by atoms with Crippen molar-refractivity contribution in [1.29, 1.82) is 0 Å². The van der Waals surface area contributed by atoms with E-state index in [1.54, 1.807) is 36.2 Å². The Bertz CT molecular complexity index is 883. The van der Waals surface area contributed by atoms with Crippen LogP contribution in [0.25, 0.3) is 6.08 Å². The van der Waals surface area contributed by atoms with E-state index in [9.17, 15) is 14.7 Å². The van der Waals surface area contributed by atoms with Crippen molar-refractivity contribution in [3.05, 3.63) is 58.8 Å². The van der Waals surface area contributed by atoms with Crippen LogP contribution in [0.15, 0.2) is 52.5 Å². The van der Waals surface area contributed by atoms with Crippen molar-refractivity contribution >= 4 is 40.6 Å². The average molecular weight is 341 g/mol. The number of carboxylic acid groups (broad SMARTS) is 1. The highest BCUT2D eigenvalue weighted by atomic mass is 32.2. The molecule has 2 aromatic rings. The van der Waals surface area contributed by atoms with Crippen LogP contribution in [0.5, 0.6) is 0 Å². The first-order valence-electron chi connectivity index (χ1n) is 7.17. The van der Waals surface area contributed by atoms with Gasteiger partial charge in [0.2, 0.25) is 0 Å². The molecular weight excluding hydrogens is 326 g/mol. The number of hydrogen-bond donors (Lipinski definition) is 1. The van der Waals surface area contributed by atoms with E-state index in [-0.39, 0.29) is 11.5 Å². The molecule has 0 unspecified atom stereocenters. The van der Waals surface area contributed by atoms with Gasteiger partial charge in [-0.05, 0) is 42.1 Å². The standard InChI is InChI=1S/C17H15N3O3S/c1-19-9-5-6-11(19)10-14-15(21)18-17(24-14)20(2)13-8-4-3-7-12(13)16(22)23/h3-10H,1-2H3,(H,22,23). The second kappa shape index (κ2) is 6.37. The summed E-state index contributed by atoms with van der Waals surface area (Å²) in [7, 11) is 3.60. The number of benzene rings is 1. The molecule has 6 nitrogen and oxygen atoms in total. The highest BCUT2D eigenvalue weighted by molar-refractivity contribution is 8.18. The molecule has 1 aromatic heterocycles. The number of thioether (sulfide) groups is 1. The van der Waals surface area contributed by atoms with E-state index < -0.39 is 5.97 Å². The lowest BCUT2D eigenvalue weighted by molar-refractivity contribution is -0.113. The topological polar surface area (TPSA) is 74.9 Å². The highest BCUT2D eigenvalue weighted by Gasteiger charge is 2.27. The van der Waals surface area contributed by atoms with Crippen LogP contribution in [0.3, 0.4) is 0 Å². The molecule has 0 atom stereocenters. The lowest BCUT2D eigenvalue weighted by Gasteiger charge is -2.19. The Morgan fingerprint density at radius 3 is 2.71 bits per heavy atom. The van der Waals surface area contributed by atoms with Crippen molar-refractivity contribution in [3.63, 3.8) is 0 Å². The van der Waals surface area contributed by atoms with Crippen molar-refractivity contribution < 1.29 is 14.7 Å². The maximum Gasteiger partial charge on any atom is 0.337 e. The third kappa shape index (κ3) is 2.98. The van der Waals surface area contributed by atoms with Gasteiger partial charge in [0.25, 0.3) is 5.91 Å². The van der Waals surface area contributed by atoms with Gasteiger partial charge in [-0.3, -0.25) is 4.79 Å². The fourth-order valence-electron chi connectivity index (χ4n) is 2.35. The van der Waals surface area contributed by atoms with E-state index in [2.05, 4.69) is 4.99 Å². The lowest BCUT2D eigenvalue weighted by Crippen LogP contribution is -2.24. The van der Waals surface area contributed by atoms with Gasteiger partial charge >= 0.3 is 5.97 Å². The number of carbonyl (C=O) groups excluding carboxylic acids is 1. The maximum absolute atomic E-state index is 12.1. The molecule has 24 heavy (non-hydrogen) atoms. The molecule has 2 heterocycles. The molecule has 0 radical (unpaired) electrons. The van der Waals surface area contributed by atoms with Gasteiger partial charge in [-0.25, -0.2) is 4.79 Å². The summed E-state index contributed by atoms with van der Waals surface area (Å²) < 4.78 is 1.91. The summed E-state index contributed by atoms with van der Waals surface area (Å²) in [6, 6.07) is 10.4. The number of aliphatic imine (C=N–C) groups is 1. The van der Waals surface area contributed by atoms with Crippen LogP contribution in [0.1, 0.15) is 16.1 Å². The minimum Gasteiger partial charge on any atom is -0.478 e. The molecule has 1 amide bonds. The third-order valence-corrected chi connectivity index (χ3v) is 4.71. The molecule has 1 aliphatic rings. The fourth-order valence-corrected chi connectivity index (χ4v) is 3.22. The quantitative estimate of drug-likeness (QED) is 0.869. The number of carbonyl (C=O) groups is 2. The number of amidine groups is 1. The molecule has 7 heteroatoms. The minimum absolute atomic E-state index is 0.163. The Kier molecular flexibility index (Phi) is 4.26. The van der Waals surface area contributed by atoms with Gasteiger partial charge in [-0.1, -0.05) is 12.1 Å². The molecule has 0 bridgehead atoms. The predicted molar refractivity (Wildman–Crippen MR) is 95.2 cm³/mol. The molecule has 1 N–H and O–H groups in total.